The maximum atomic E-state index is 12.1. The van der Waals surface area contributed by atoms with E-state index in [1.54, 1.807) is 0 Å². The molecule has 1 aliphatic rings. The normalized spacial score (nSPS) is 19.4. The van der Waals surface area contributed by atoms with Crippen LogP contribution in [0.15, 0.2) is 0 Å². The predicted octanol–water partition coefficient (Wildman–Crippen LogP) is 1.39. The lowest BCUT2D eigenvalue weighted by molar-refractivity contribution is -0.124. The second kappa shape index (κ2) is 7.80. The Bertz CT molecular complexity index is 312. The molecule has 0 spiro atoms. The van der Waals surface area contributed by atoms with Crippen molar-refractivity contribution in [2.45, 2.75) is 33.6 Å². The first-order valence-electron chi connectivity index (χ1n) is 7.25. The highest BCUT2D eigenvalue weighted by atomic mass is 32.1. The van der Waals surface area contributed by atoms with Crippen molar-refractivity contribution in [2.75, 3.05) is 26.2 Å². The summed E-state index contributed by atoms with van der Waals surface area (Å²) >= 11 is 4.98. The van der Waals surface area contributed by atoms with E-state index in [1.165, 1.54) is 0 Å². The topological polar surface area (TPSA) is 58.4 Å². The molecule has 1 atom stereocenters. The Morgan fingerprint density at radius 3 is 2.42 bits per heavy atom. The van der Waals surface area contributed by atoms with Gasteiger partial charge in [0.15, 0.2) is 0 Å². The van der Waals surface area contributed by atoms with Crippen molar-refractivity contribution in [3.63, 3.8) is 0 Å². The number of thiocarbonyl (C=S) groups is 1. The van der Waals surface area contributed by atoms with Crippen LogP contribution in [0.3, 0.4) is 0 Å². The van der Waals surface area contributed by atoms with Crippen LogP contribution in [0.1, 0.15) is 33.6 Å². The van der Waals surface area contributed by atoms with Crippen LogP contribution in [0, 0.1) is 17.8 Å². The molecule has 1 unspecified atom stereocenters. The minimum atomic E-state index is -0.342. The highest BCUT2D eigenvalue weighted by Crippen LogP contribution is 2.17. The number of piperidine rings is 1. The summed E-state index contributed by atoms with van der Waals surface area (Å²) in [6.07, 6.45) is 2.32. The molecule has 1 rings (SSSR count). The standard InChI is InChI=1S/C14H27N3OS/c1-4-17-7-5-11(6-8-17)9-16-14(18)12(10(2)3)13(15)19/h10-12H,4-9H2,1-3H3,(H2,15,19)(H,16,18). The second-order valence-corrected chi connectivity index (χ2v) is 6.22. The molecule has 0 aromatic carbocycles. The summed E-state index contributed by atoms with van der Waals surface area (Å²) in [6.45, 7) is 10.3. The molecule has 110 valence electrons. The number of likely N-dealkylation sites (tertiary alicyclic amines) is 1. The zero-order valence-electron chi connectivity index (χ0n) is 12.3. The van der Waals surface area contributed by atoms with E-state index in [-0.39, 0.29) is 17.7 Å². The summed E-state index contributed by atoms with van der Waals surface area (Å²) < 4.78 is 0. The zero-order valence-corrected chi connectivity index (χ0v) is 13.1. The molecule has 3 N–H and O–H groups in total. The quantitative estimate of drug-likeness (QED) is 0.724. The molecule has 0 radical (unpaired) electrons. The fourth-order valence-corrected chi connectivity index (χ4v) is 3.00. The van der Waals surface area contributed by atoms with E-state index in [4.69, 9.17) is 18.0 Å². The van der Waals surface area contributed by atoms with Gasteiger partial charge in [-0.15, -0.1) is 0 Å². The Kier molecular flexibility index (Phi) is 6.72. The van der Waals surface area contributed by atoms with Gasteiger partial charge in [0.1, 0.15) is 0 Å². The van der Waals surface area contributed by atoms with Gasteiger partial charge in [-0.05, 0) is 44.3 Å². The number of hydrogen-bond acceptors (Lipinski definition) is 3. The highest BCUT2D eigenvalue weighted by Gasteiger charge is 2.26. The summed E-state index contributed by atoms with van der Waals surface area (Å²) in [6, 6.07) is 0. The molecule has 0 aromatic rings. The Morgan fingerprint density at radius 1 is 1.42 bits per heavy atom. The lowest BCUT2D eigenvalue weighted by Crippen LogP contribution is -2.44. The molecule has 1 aliphatic heterocycles. The van der Waals surface area contributed by atoms with Gasteiger partial charge in [-0.25, -0.2) is 0 Å². The van der Waals surface area contributed by atoms with Crippen LogP contribution in [0.2, 0.25) is 0 Å². The van der Waals surface area contributed by atoms with E-state index in [0.717, 1.165) is 39.0 Å². The second-order valence-electron chi connectivity index (χ2n) is 5.75. The van der Waals surface area contributed by atoms with Crippen LogP contribution in [-0.4, -0.2) is 42.0 Å². The zero-order chi connectivity index (χ0) is 14.4. The third-order valence-electron chi connectivity index (χ3n) is 3.97. The number of carbonyl (C=O) groups is 1. The molecule has 1 saturated heterocycles. The Hall–Kier alpha value is -0.680. The summed E-state index contributed by atoms with van der Waals surface area (Å²) in [5.41, 5.74) is 5.65. The van der Waals surface area contributed by atoms with Crippen molar-refractivity contribution in [3.05, 3.63) is 0 Å². The van der Waals surface area contributed by atoms with Gasteiger partial charge in [0, 0.05) is 6.54 Å². The number of carbonyl (C=O) groups excluding carboxylic acids is 1. The first-order chi connectivity index (χ1) is 8.95. The van der Waals surface area contributed by atoms with Crippen LogP contribution in [0.4, 0.5) is 0 Å². The summed E-state index contributed by atoms with van der Waals surface area (Å²) in [4.78, 5) is 14.8. The SMILES string of the molecule is CCN1CCC(CNC(=O)C(C(N)=S)C(C)C)CC1. The number of nitrogens with one attached hydrogen (secondary N) is 1. The van der Waals surface area contributed by atoms with Gasteiger partial charge in [-0.3, -0.25) is 4.79 Å². The van der Waals surface area contributed by atoms with Crippen LogP contribution in [-0.2, 0) is 4.79 Å². The molecule has 0 bridgehead atoms. The number of hydrogen-bond donors (Lipinski definition) is 2. The van der Waals surface area contributed by atoms with Gasteiger partial charge in [-0.1, -0.05) is 33.0 Å². The van der Waals surface area contributed by atoms with Gasteiger partial charge in [0.25, 0.3) is 0 Å². The average Bonchev–Trinajstić information content (AvgIpc) is 2.36. The van der Waals surface area contributed by atoms with Gasteiger partial charge < -0.3 is 16.0 Å². The van der Waals surface area contributed by atoms with Crippen molar-refractivity contribution >= 4 is 23.1 Å². The summed E-state index contributed by atoms with van der Waals surface area (Å²) in [7, 11) is 0. The van der Waals surface area contributed by atoms with Crippen LogP contribution < -0.4 is 11.1 Å². The Labute approximate surface area is 122 Å². The molecule has 0 aromatic heterocycles. The molecule has 4 nitrogen and oxygen atoms in total. The molecule has 1 amide bonds. The van der Waals surface area contributed by atoms with E-state index in [1.807, 2.05) is 13.8 Å². The largest absolute Gasteiger partial charge is 0.393 e. The monoisotopic (exact) mass is 285 g/mol. The number of rotatable bonds is 6. The molecule has 5 heteroatoms. The third-order valence-corrected chi connectivity index (χ3v) is 4.23. The summed E-state index contributed by atoms with van der Waals surface area (Å²) in [5.74, 6) is 0.386. The van der Waals surface area contributed by atoms with Crippen molar-refractivity contribution in [3.8, 4) is 0 Å². The van der Waals surface area contributed by atoms with Crippen LogP contribution >= 0.6 is 12.2 Å². The molecule has 1 fully saturated rings. The minimum Gasteiger partial charge on any atom is -0.393 e. The van der Waals surface area contributed by atoms with Crippen molar-refractivity contribution in [1.82, 2.24) is 10.2 Å². The fourth-order valence-electron chi connectivity index (χ4n) is 2.62. The average molecular weight is 285 g/mol. The van der Waals surface area contributed by atoms with Gasteiger partial charge in [-0.2, -0.15) is 0 Å². The van der Waals surface area contributed by atoms with E-state index < -0.39 is 0 Å². The first kappa shape index (κ1) is 16.4. The van der Waals surface area contributed by atoms with Gasteiger partial charge in [0.05, 0.1) is 10.9 Å². The van der Waals surface area contributed by atoms with Crippen molar-refractivity contribution < 1.29 is 4.79 Å². The van der Waals surface area contributed by atoms with E-state index in [2.05, 4.69) is 17.1 Å². The lowest BCUT2D eigenvalue weighted by Gasteiger charge is -2.31. The molecule has 1 heterocycles. The molecular formula is C14H27N3OS. The number of nitrogens with two attached hydrogens (primary N) is 1. The summed E-state index contributed by atoms with van der Waals surface area (Å²) in [5, 5.41) is 3.02. The molecule has 0 aliphatic carbocycles. The van der Waals surface area contributed by atoms with E-state index in [0.29, 0.717) is 10.9 Å². The van der Waals surface area contributed by atoms with Crippen molar-refractivity contribution in [2.24, 2.45) is 23.5 Å². The number of amides is 1. The van der Waals surface area contributed by atoms with Gasteiger partial charge in [0.2, 0.25) is 5.91 Å². The fraction of sp³-hybridized carbons (Fsp3) is 0.857. The van der Waals surface area contributed by atoms with Crippen LogP contribution in [0.5, 0.6) is 0 Å². The Morgan fingerprint density at radius 2 is 2.00 bits per heavy atom. The van der Waals surface area contributed by atoms with Crippen molar-refractivity contribution in [1.29, 1.82) is 0 Å². The Balaban J connectivity index is 2.36. The maximum Gasteiger partial charge on any atom is 0.230 e. The maximum absolute atomic E-state index is 12.1. The first-order valence-corrected chi connectivity index (χ1v) is 7.65. The molecular weight excluding hydrogens is 258 g/mol. The molecule has 19 heavy (non-hydrogen) atoms. The smallest absolute Gasteiger partial charge is 0.230 e. The highest BCUT2D eigenvalue weighted by molar-refractivity contribution is 7.80. The molecule has 0 saturated carbocycles. The number of nitrogens with zero attached hydrogens (tertiary/aromatic N) is 1. The minimum absolute atomic E-state index is 0.0135. The third kappa shape index (κ3) is 5.07. The van der Waals surface area contributed by atoms with Gasteiger partial charge >= 0.3 is 0 Å². The predicted molar refractivity (Wildman–Crippen MR) is 83.0 cm³/mol. The van der Waals surface area contributed by atoms with E-state index >= 15 is 0 Å². The lowest BCUT2D eigenvalue weighted by atomic mass is 9.93. The van der Waals surface area contributed by atoms with E-state index in [9.17, 15) is 4.79 Å². The van der Waals surface area contributed by atoms with Crippen LogP contribution in [0.25, 0.3) is 0 Å².